The van der Waals surface area contributed by atoms with Crippen molar-refractivity contribution in [2.24, 2.45) is 5.73 Å². The highest BCUT2D eigenvalue weighted by atomic mass is 35.5. The van der Waals surface area contributed by atoms with Crippen LogP contribution in [-0.4, -0.2) is 15.0 Å². The van der Waals surface area contributed by atoms with Crippen molar-refractivity contribution >= 4 is 21.6 Å². The van der Waals surface area contributed by atoms with Crippen LogP contribution in [0.1, 0.15) is 25.3 Å². The van der Waals surface area contributed by atoms with Crippen LogP contribution >= 0.6 is 11.6 Å². The molecule has 0 aliphatic heterocycles. The Morgan fingerprint density at radius 2 is 2.12 bits per heavy atom. The summed E-state index contributed by atoms with van der Waals surface area (Å²) in [6.45, 7) is 2.76. The fourth-order valence-corrected chi connectivity index (χ4v) is 2.99. The molecule has 0 unspecified atom stereocenters. The minimum Gasteiger partial charge on any atom is -0.326 e. The van der Waals surface area contributed by atoms with E-state index in [0.717, 1.165) is 18.4 Å². The molecule has 0 aliphatic rings. The molecule has 4 nitrogen and oxygen atoms in total. The molecule has 0 aromatic heterocycles. The second-order valence-corrected chi connectivity index (χ2v) is 5.86. The van der Waals surface area contributed by atoms with Gasteiger partial charge in [-0.1, -0.05) is 31.0 Å². The van der Waals surface area contributed by atoms with Gasteiger partial charge in [-0.2, -0.15) is 0 Å². The Morgan fingerprint density at radius 1 is 1.41 bits per heavy atom. The molecule has 0 saturated carbocycles. The Kier molecular flexibility index (Phi) is 5.39. The smallest absolute Gasteiger partial charge is 0.242 e. The summed E-state index contributed by atoms with van der Waals surface area (Å²) < 4.78 is 26.3. The highest BCUT2D eigenvalue weighted by Gasteiger charge is 2.17. The van der Waals surface area contributed by atoms with E-state index in [1.807, 2.05) is 6.92 Å². The molecule has 0 aliphatic carbocycles. The fourth-order valence-electron chi connectivity index (χ4n) is 1.35. The summed E-state index contributed by atoms with van der Waals surface area (Å²) in [5, 5.41) is 0.206. The van der Waals surface area contributed by atoms with E-state index in [0.29, 0.717) is 13.1 Å². The molecule has 1 aromatic carbocycles. The van der Waals surface area contributed by atoms with Gasteiger partial charge in [0.15, 0.2) is 0 Å². The molecule has 0 spiro atoms. The normalized spacial score (nSPS) is 11.7. The number of sulfonamides is 1. The van der Waals surface area contributed by atoms with Gasteiger partial charge < -0.3 is 5.73 Å². The molecule has 6 heteroatoms. The van der Waals surface area contributed by atoms with Crippen molar-refractivity contribution in [1.29, 1.82) is 0 Å². The van der Waals surface area contributed by atoms with E-state index in [4.69, 9.17) is 17.3 Å². The minimum atomic E-state index is -3.51. The van der Waals surface area contributed by atoms with Gasteiger partial charge in [-0.25, -0.2) is 13.1 Å². The topological polar surface area (TPSA) is 72.2 Å². The van der Waals surface area contributed by atoms with Gasteiger partial charge in [0.05, 0.1) is 5.02 Å². The van der Waals surface area contributed by atoms with Crippen LogP contribution in [0.2, 0.25) is 5.02 Å². The first kappa shape index (κ1) is 14.4. The number of halogens is 1. The van der Waals surface area contributed by atoms with Crippen molar-refractivity contribution in [1.82, 2.24) is 4.72 Å². The molecule has 0 saturated heterocycles. The third-order valence-corrected chi connectivity index (χ3v) is 4.29. The lowest BCUT2D eigenvalue weighted by atomic mass is 10.2. The van der Waals surface area contributed by atoms with Crippen LogP contribution in [0.3, 0.4) is 0 Å². The molecule has 0 bridgehead atoms. The van der Waals surface area contributed by atoms with Crippen molar-refractivity contribution in [3.05, 3.63) is 28.8 Å². The zero-order valence-electron chi connectivity index (χ0n) is 9.74. The SMILES string of the molecule is CCCCNS(=O)(=O)c1ccc(CN)cc1Cl. The van der Waals surface area contributed by atoms with Crippen LogP contribution in [0.25, 0.3) is 0 Å². The Hall–Kier alpha value is -0.620. The standard InChI is InChI=1S/C11H17ClN2O2S/c1-2-3-6-14-17(15,16)11-5-4-9(8-13)7-10(11)12/h4-5,7,14H,2-3,6,8,13H2,1H3. The van der Waals surface area contributed by atoms with Crippen molar-refractivity contribution in [3.63, 3.8) is 0 Å². The number of unbranched alkanes of at least 4 members (excludes halogenated alkanes) is 1. The average molecular weight is 277 g/mol. The second-order valence-electron chi connectivity index (χ2n) is 3.72. The predicted octanol–water partition coefficient (Wildman–Crippen LogP) is 1.88. The lowest BCUT2D eigenvalue weighted by Gasteiger charge is -2.08. The largest absolute Gasteiger partial charge is 0.326 e. The van der Waals surface area contributed by atoms with Crippen LogP contribution in [0.15, 0.2) is 23.1 Å². The zero-order chi connectivity index (χ0) is 12.9. The minimum absolute atomic E-state index is 0.104. The van der Waals surface area contributed by atoms with Crippen molar-refractivity contribution in [2.45, 2.75) is 31.2 Å². The highest BCUT2D eigenvalue weighted by molar-refractivity contribution is 7.89. The summed E-state index contributed by atoms with van der Waals surface area (Å²) in [5.74, 6) is 0. The van der Waals surface area contributed by atoms with E-state index in [-0.39, 0.29) is 9.92 Å². The second kappa shape index (κ2) is 6.35. The van der Waals surface area contributed by atoms with Crippen molar-refractivity contribution in [2.75, 3.05) is 6.54 Å². The Labute approximate surface area is 107 Å². The monoisotopic (exact) mass is 276 g/mol. The Balaban J connectivity index is 2.91. The van der Waals surface area contributed by atoms with Gasteiger partial charge >= 0.3 is 0 Å². The van der Waals surface area contributed by atoms with Gasteiger partial charge in [-0.15, -0.1) is 0 Å². The maximum atomic E-state index is 11.9. The average Bonchev–Trinajstić information content (AvgIpc) is 2.28. The summed E-state index contributed by atoms with van der Waals surface area (Å²) >= 11 is 5.93. The number of benzene rings is 1. The molecule has 17 heavy (non-hydrogen) atoms. The first-order chi connectivity index (χ1) is 8.01. The number of hydrogen-bond acceptors (Lipinski definition) is 3. The summed E-state index contributed by atoms with van der Waals surface area (Å²) in [4.78, 5) is 0.104. The van der Waals surface area contributed by atoms with Gasteiger partial charge in [0, 0.05) is 13.1 Å². The van der Waals surface area contributed by atoms with E-state index < -0.39 is 10.0 Å². The van der Waals surface area contributed by atoms with Crippen LogP contribution in [0.4, 0.5) is 0 Å². The van der Waals surface area contributed by atoms with Crippen LogP contribution < -0.4 is 10.5 Å². The molecular formula is C11H17ClN2O2S. The zero-order valence-corrected chi connectivity index (χ0v) is 11.3. The third kappa shape index (κ3) is 3.96. The van der Waals surface area contributed by atoms with Crippen LogP contribution in [-0.2, 0) is 16.6 Å². The molecule has 3 N–H and O–H groups in total. The van der Waals surface area contributed by atoms with Gasteiger partial charge in [0.25, 0.3) is 0 Å². The molecule has 0 heterocycles. The number of nitrogens with one attached hydrogen (secondary N) is 1. The van der Waals surface area contributed by atoms with Crippen LogP contribution in [0.5, 0.6) is 0 Å². The van der Waals surface area contributed by atoms with E-state index in [9.17, 15) is 8.42 Å². The van der Waals surface area contributed by atoms with Gasteiger partial charge in [0.2, 0.25) is 10.0 Å². The molecule has 0 radical (unpaired) electrons. The Bertz CT molecular complexity index is 474. The van der Waals surface area contributed by atoms with Gasteiger partial charge in [-0.3, -0.25) is 0 Å². The van der Waals surface area contributed by atoms with Crippen molar-refractivity contribution in [3.8, 4) is 0 Å². The van der Waals surface area contributed by atoms with E-state index in [1.54, 1.807) is 12.1 Å². The number of nitrogens with two attached hydrogens (primary N) is 1. The molecule has 0 atom stereocenters. The molecular weight excluding hydrogens is 260 g/mol. The lowest BCUT2D eigenvalue weighted by Crippen LogP contribution is -2.25. The molecule has 0 amide bonds. The highest BCUT2D eigenvalue weighted by Crippen LogP contribution is 2.22. The Morgan fingerprint density at radius 3 is 2.65 bits per heavy atom. The molecule has 1 rings (SSSR count). The lowest BCUT2D eigenvalue weighted by molar-refractivity contribution is 0.578. The summed E-state index contributed by atoms with van der Waals surface area (Å²) in [6.07, 6.45) is 1.74. The van der Waals surface area contributed by atoms with Gasteiger partial charge in [-0.05, 0) is 24.1 Å². The maximum absolute atomic E-state index is 11.9. The first-order valence-electron chi connectivity index (χ1n) is 5.49. The molecule has 0 fully saturated rings. The van der Waals surface area contributed by atoms with E-state index in [1.165, 1.54) is 6.07 Å². The predicted molar refractivity (Wildman–Crippen MR) is 69.4 cm³/mol. The van der Waals surface area contributed by atoms with E-state index >= 15 is 0 Å². The summed E-state index contributed by atoms with van der Waals surface area (Å²) in [6, 6.07) is 4.73. The van der Waals surface area contributed by atoms with E-state index in [2.05, 4.69) is 4.72 Å². The third-order valence-electron chi connectivity index (χ3n) is 2.34. The summed E-state index contributed by atoms with van der Waals surface area (Å²) in [5.41, 5.74) is 6.26. The molecule has 1 aromatic rings. The fraction of sp³-hybridized carbons (Fsp3) is 0.455. The van der Waals surface area contributed by atoms with Crippen molar-refractivity contribution < 1.29 is 8.42 Å². The molecule has 96 valence electrons. The summed E-state index contributed by atoms with van der Waals surface area (Å²) in [7, 11) is -3.51. The first-order valence-corrected chi connectivity index (χ1v) is 7.35. The maximum Gasteiger partial charge on any atom is 0.242 e. The van der Waals surface area contributed by atoms with Crippen LogP contribution in [0, 0.1) is 0 Å². The number of rotatable bonds is 6. The quantitative estimate of drug-likeness (QED) is 0.779. The number of hydrogen-bond donors (Lipinski definition) is 2. The van der Waals surface area contributed by atoms with Gasteiger partial charge in [0.1, 0.15) is 4.90 Å².